The summed E-state index contributed by atoms with van der Waals surface area (Å²) in [4.78, 5) is 58.2. The van der Waals surface area contributed by atoms with E-state index in [2.05, 4.69) is 28.6 Å². The first kappa shape index (κ1) is 25.7. The number of nitrogens with two attached hydrogens (primary N) is 1. The van der Waals surface area contributed by atoms with Gasteiger partial charge in [-0.15, -0.1) is 0 Å². The molecule has 0 aromatic carbocycles. The molecule has 7 N–H and O–H groups in total. The van der Waals surface area contributed by atoms with E-state index in [-0.39, 0.29) is 31.1 Å². The number of carbonyl (C=O) groups is 5. The monoisotopic (exact) mass is 420 g/mol. The molecule has 0 aromatic rings. The molecule has 11 nitrogen and oxygen atoms in total. The van der Waals surface area contributed by atoms with Crippen molar-refractivity contribution in [1.82, 2.24) is 16.0 Å². The number of rotatable bonds is 13. The fraction of sp³-hybridized carbons (Fsp3) is 0.688. The lowest BCUT2D eigenvalue weighted by atomic mass is 10.0. The standard InChI is InChI=1S/C16H28N4O7S/c1-8(2)5-10(20-15(25)11(7-28)18-12(21)6-17)14(24)19-9(16(26)27)3-4-13(22)23/h8-11,28H,3-7,17H2,1-2H3,(H,18,21)(H,19,24)(H,20,25)(H,22,23)(H,26,27). The van der Waals surface area contributed by atoms with Gasteiger partial charge in [-0.1, -0.05) is 13.8 Å². The van der Waals surface area contributed by atoms with Gasteiger partial charge in [0.15, 0.2) is 0 Å². The highest BCUT2D eigenvalue weighted by Crippen LogP contribution is 2.07. The minimum absolute atomic E-state index is 0.0218. The van der Waals surface area contributed by atoms with Crippen LogP contribution in [-0.2, 0) is 24.0 Å². The van der Waals surface area contributed by atoms with Gasteiger partial charge in [0.2, 0.25) is 17.7 Å². The van der Waals surface area contributed by atoms with Crippen LogP contribution >= 0.6 is 12.6 Å². The zero-order valence-electron chi connectivity index (χ0n) is 15.8. The molecular weight excluding hydrogens is 392 g/mol. The van der Waals surface area contributed by atoms with Crippen LogP contribution in [0.15, 0.2) is 0 Å². The number of carboxylic acids is 2. The van der Waals surface area contributed by atoms with Crippen LogP contribution in [0.4, 0.5) is 0 Å². The lowest BCUT2D eigenvalue weighted by Gasteiger charge is -2.24. The first-order valence-corrected chi connectivity index (χ1v) is 9.30. The molecule has 3 atom stereocenters. The van der Waals surface area contributed by atoms with E-state index in [1.54, 1.807) is 13.8 Å². The molecule has 0 aromatic heterocycles. The van der Waals surface area contributed by atoms with Crippen LogP contribution < -0.4 is 21.7 Å². The summed E-state index contributed by atoms with van der Waals surface area (Å²) in [7, 11) is 0. The van der Waals surface area contributed by atoms with Crippen molar-refractivity contribution >= 4 is 42.3 Å². The Morgan fingerprint density at radius 3 is 1.89 bits per heavy atom. The summed E-state index contributed by atoms with van der Waals surface area (Å²) in [5.74, 6) is -4.64. The quantitative estimate of drug-likeness (QED) is 0.172. The molecule has 0 bridgehead atoms. The van der Waals surface area contributed by atoms with Crippen molar-refractivity contribution in [2.45, 2.75) is 51.2 Å². The molecule has 0 radical (unpaired) electrons. The molecule has 160 valence electrons. The Hall–Kier alpha value is -2.34. The lowest BCUT2D eigenvalue weighted by molar-refractivity contribution is -0.143. The summed E-state index contributed by atoms with van der Waals surface area (Å²) in [6.07, 6.45) is -0.539. The van der Waals surface area contributed by atoms with E-state index < -0.39 is 54.2 Å². The number of amides is 3. The van der Waals surface area contributed by atoms with E-state index in [1.807, 2.05) is 0 Å². The minimum Gasteiger partial charge on any atom is -0.481 e. The highest BCUT2D eigenvalue weighted by atomic mass is 32.1. The fourth-order valence-electron chi connectivity index (χ4n) is 2.22. The maximum Gasteiger partial charge on any atom is 0.326 e. The molecule has 0 saturated heterocycles. The molecule has 0 heterocycles. The smallest absolute Gasteiger partial charge is 0.326 e. The van der Waals surface area contributed by atoms with Gasteiger partial charge >= 0.3 is 11.9 Å². The Morgan fingerprint density at radius 1 is 0.929 bits per heavy atom. The van der Waals surface area contributed by atoms with E-state index in [0.717, 1.165) is 0 Å². The lowest BCUT2D eigenvalue weighted by Crippen LogP contribution is -2.57. The molecule has 0 aliphatic heterocycles. The second kappa shape index (κ2) is 12.9. The Bertz CT molecular complexity index is 585. The third kappa shape index (κ3) is 10.1. The van der Waals surface area contributed by atoms with Crippen molar-refractivity contribution in [3.05, 3.63) is 0 Å². The van der Waals surface area contributed by atoms with Crippen molar-refractivity contribution in [3.63, 3.8) is 0 Å². The Labute approximate surface area is 168 Å². The van der Waals surface area contributed by atoms with E-state index in [1.165, 1.54) is 0 Å². The third-order valence-electron chi connectivity index (χ3n) is 3.62. The number of nitrogens with one attached hydrogen (secondary N) is 3. The number of aliphatic carboxylic acids is 2. The van der Waals surface area contributed by atoms with Gasteiger partial charge < -0.3 is 31.9 Å². The van der Waals surface area contributed by atoms with E-state index >= 15 is 0 Å². The number of carbonyl (C=O) groups excluding carboxylic acids is 3. The summed E-state index contributed by atoms with van der Waals surface area (Å²) in [6.45, 7) is 3.28. The van der Waals surface area contributed by atoms with Gasteiger partial charge in [0.25, 0.3) is 0 Å². The maximum atomic E-state index is 12.5. The molecule has 0 aliphatic rings. The SMILES string of the molecule is CC(C)CC(NC(=O)C(CS)NC(=O)CN)C(=O)NC(CCC(=O)O)C(=O)O. The van der Waals surface area contributed by atoms with Gasteiger partial charge in [-0.3, -0.25) is 19.2 Å². The van der Waals surface area contributed by atoms with Gasteiger partial charge in [0, 0.05) is 12.2 Å². The molecule has 0 saturated carbocycles. The van der Waals surface area contributed by atoms with Gasteiger partial charge in [-0.2, -0.15) is 12.6 Å². The van der Waals surface area contributed by atoms with E-state index in [4.69, 9.17) is 15.9 Å². The number of thiol groups is 1. The Morgan fingerprint density at radius 2 is 1.46 bits per heavy atom. The fourth-order valence-corrected chi connectivity index (χ4v) is 2.48. The number of hydrogen-bond donors (Lipinski definition) is 7. The molecule has 3 amide bonds. The molecule has 3 unspecified atom stereocenters. The zero-order chi connectivity index (χ0) is 21.9. The average Bonchev–Trinajstić information content (AvgIpc) is 2.60. The predicted molar refractivity (Wildman–Crippen MR) is 103 cm³/mol. The summed E-state index contributed by atoms with van der Waals surface area (Å²) in [5.41, 5.74) is 5.19. The van der Waals surface area contributed by atoms with Crippen LogP contribution in [0.25, 0.3) is 0 Å². The van der Waals surface area contributed by atoms with E-state index in [9.17, 15) is 24.0 Å². The van der Waals surface area contributed by atoms with Crippen LogP contribution in [0.3, 0.4) is 0 Å². The second-order valence-electron chi connectivity index (χ2n) is 6.53. The molecule has 0 rings (SSSR count). The normalized spacial score (nSPS) is 13.9. The first-order chi connectivity index (χ1) is 13.0. The molecule has 0 fully saturated rings. The summed E-state index contributed by atoms with van der Waals surface area (Å²) >= 11 is 3.99. The van der Waals surface area contributed by atoms with Crippen molar-refractivity contribution in [2.75, 3.05) is 12.3 Å². The molecular formula is C16H28N4O7S. The minimum atomic E-state index is -1.41. The predicted octanol–water partition coefficient (Wildman–Crippen LogP) is -1.68. The topological polar surface area (TPSA) is 188 Å². The van der Waals surface area contributed by atoms with Crippen molar-refractivity contribution in [3.8, 4) is 0 Å². The van der Waals surface area contributed by atoms with Gasteiger partial charge in [0.1, 0.15) is 18.1 Å². The number of hydrogen-bond acceptors (Lipinski definition) is 7. The summed E-state index contributed by atoms with van der Waals surface area (Å²) in [5, 5.41) is 24.9. The highest BCUT2D eigenvalue weighted by Gasteiger charge is 2.29. The molecule has 0 spiro atoms. The average molecular weight is 420 g/mol. The Balaban J connectivity index is 5.18. The van der Waals surface area contributed by atoms with Crippen LogP contribution in [0.2, 0.25) is 0 Å². The Kier molecular flexibility index (Phi) is 11.9. The van der Waals surface area contributed by atoms with E-state index in [0.29, 0.717) is 0 Å². The van der Waals surface area contributed by atoms with Gasteiger partial charge in [-0.25, -0.2) is 4.79 Å². The highest BCUT2D eigenvalue weighted by molar-refractivity contribution is 7.80. The molecule has 0 aliphatic carbocycles. The van der Waals surface area contributed by atoms with Crippen LogP contribution in [0, 0.1) is 5.92 Å². The van der Waals surface area contributed by atoms with Crippen LogP contribution in [-0.4, -0.2) is 70.3 Å². The van der Waals surface area contributed by atoms with Crippen molar-refractivity contribution in [2.24, 2.45) is 11.7 Å². The third-order valence-corrected chi connectivity index (χ3v) is 3.99. The number of carboxylic acid groups (broad SMARTS) is 2. The second-order valence-corrected chi connectivity index (χ2v) is 6.89. The maximum absolute atomic E-state index is 12.5. The van der Waals surface area contributed by atoms with Crippen molar-refractivity contribution in [1.29, 1.82) is 0 Å². The first-order valence-electron chi connectivity index (χ1n) is 8.67. The summed E-state index contributed by atoms with van der Waals surface area (Å²) < 4.78 is 0. The zero-order valence-corrected chi connectivity index (χ0v) is 16.7. The largest absolute Gasteiger partial charge is 0.481 e. The van der Waals surface area contributed by atoms with Crippen molar-refractivity contribution < 1.29 is 34.2 Å². The molecule has 12 heteroatoms. The van der Waals surface area contributed by atoms with Crippen LogP contribution in [0.1, 0.15) is 33.1 Å². The summed E-state index contributed by atoms with van der Waals surface area (Å²) in [6, 6.07) is -3.51. The van der Waals surface area contributed by atoms with Crippen LogP contribution in [0.5, 0.6) is 0 Å². The molecule has 28 heavy (non-hydrogen) atoms. The van der Waals surface area contributed by atoms with Gasteiger partial charge in [0.05, 0.1) is 6.54 Å². The van der Waals surface area contributed by atoms with Gasteiger partial charge in [-0.05, 0) is 18.8 Å².